The molecule has 1 atom stereocenters. The van der Waals surface area contributed by atoms with E-state index in [-0.39, 0.29) is 0 Å². The van der Waals surface area contributed by atoms with Crippen LogP contribution in [-0.2, 0) is 0 Å². The number of nitrogens with two attached hydrogens (primary N) is 1. The third kappa shape index (κ3) is 2.99. The molecule has 1 heterocycles. The molecule has 1 unspecified atom stereocenters. The van der Waals surface area contributed by atoms with Gasteiger partial charge in [0.15, 0.2) is 0 Å². The van der Waals surface area contributed by atoms with Crippen LogP contribution in [0.15, 0.2) is 18.5 Å². The maximum atomic E-state index is 12.0. The van der Waals surface area contributed by atoms with Gasteiger partial charge in [-0.3, -0.25) is 4.98 Å². The molecule has 0 aliphatic heterocycles. The average Bonchev–Trinajstić information content (AvgIpc) is 2.01. The molecule has 2 nitrogen and oxygen atoms in total. The normalized spacial score (nSPS) is 14.1. The Morgan fingerprint density at radius 2 is 2.14 bits per heavy atom. The van der Waals surface area contributed by atoms with Crippen molar-refractivity contribution in [3.8, 4) is 0 Å². The van der Waals surface area contributed by atoms with Crippen molar-refractivity contribution in [2.24, 2.45) is 5.73 Å². The topological polar surface area (TPSA) is 38.9 Å². The molecule has 78 valence electrons. The summed E-state index contributed by atoms with van der Waals surface area (Å²) in [5.74, 6) is 0. The zero-order valence-electron chi connectivity index (χ0n) is 7.67. The van der Waals surface area contributed by atoms with Crippen LogP contribution < -0.4 is 5.73 Å². The first-order chi connectivity index (χ1) is 6.40. The van der Waals surface area contributed by atoms with Crippen LogP contribution in [0.4, 0.5) is 13.2 Å². The molecule has 0 radical (unpaired) electrons. The van der Waals surface area contributed by atoms with Crippen LogP contribution in [0.3, 0.4) is 0 Å². The molecule has 0 saturated carbocycles. The number of halogens is 3. The second-order valence-corrected chi connectivity index (χ2v) is 3.16. The van der Waals surface area contributed by atoms with Gasteiger partial charge in [-0.2, -0.15) is 13.2 Å². The number of aryl methyl sites for hydroxylation is 1. The number of aromatic nitrogens is 1. The minimum atomic E-state index is -4.23. The quantitative estimate of drug-likeness (QED) is 0.803. The van der Waals surface area contributed by atoms with Crippen LogP contribution in [-0.4, -0.2) is 11.2 Å². The summed E-state index contributed by atoms with van der Waals surface area (Å²) in [5, 5.41) is 0. The van der Waals surface area contributed by atoms with E-state index in [2.05, 4.69) is 4.98 Å². The summed E-state index contributed by atoms with van der Waals surface area (Å²) >= 11 is 0. The summed E-state index contributed by atoms with van der Waals surface area (Å²) in [4.78, 5) is 3.75. The molecule has 5 heteroatoms. The van der Waals surface area contributed by atoms with Crippen molar-refractivity contribution in [1.29, 1.82) is 0 Å². The third-order valence-corrected chi connectivity index (χ3v) is 1.93. The lowest BCUT2D eigenvalue weighted by molar-refractivity contribution is -0.138. The summed E-state index contributed by atoms with van der Waals surface area (Å²) in [6, 6.07) is 0.620. The summed E-state index contributed by atoms with van der Waals surface area (Å²) in [5.41, 5.74) is 6.60. The Morgan fingerprint density at radius 1 is 1.50 bits per heavy atom. The predicted molar refractivity (Wildman–Crippen MR) is 46.6 cm³/mol. The number of hydrogen-bond acceptors (Lipinski definition) is 2. The number of hydrogen-bond donors (Lipinski definition) is 1. The van der Waals surface area contributed by atoms with Crippen LogP contribution in [0.25, 0.3) is 0 Å². The first-order valence-electron chi connectivity index (χ1n) is 4.13. The minimum absolute atomic E-state index is 0.449. The van der Waals surface area contributed by atoms with Crippen LogP contribution in [0.1, 0.15) is 23.6 Å². The molecule has 14 heavy (non-hydrogen) atoms. The second kappa shape index (κ2) is 3.96. The summed E-state index contributed by atoms with van der Waals surface area (Å²) in [6.07, 6.45) is -2.34. The van der Waals surface area contributed by atoms with Gasteiger partial charge in [-0.15, -0.1) is 0 Å². The molecule has 0 saturated heterocycles. The van der Waals surface area contributed by atoms with Crippen molar-refractivity contribution >= 4 is 0 Å². The van der Waals surface area contributed by atoms with Crippen molar-refractivity contribution in [3.05, 3.63) is 29.6 Å². The van der Waals surface area contributed by atoms with Crippen LogP contribution in [0.2, 0.25) is 0 Å². The Hall–Kier alpha value is -1.10. The van der Waals surface area contributed by atoms with E-state index in [1.165, 1.54) is 12.4 Å². The SMILES string of the molecule is Cc1ccncc1C(N)CC(F)(F)F. The Bertz CT molecular complexity index is 309. The molecule has 0 fully saturated rings. The number of pyridine rings is 1. The van der Waals surface area contributed by atoms with E-state index in [1.807, 2.05) is 0 Å². The highest BCUT2D eigenvalue weighted by Crippen LogP contribution is 2.28. The van der Waals surface area contributed by atoms with Crippen molar-refractivity contribution in [3.63, 3.8) is 0 Å². The van der Waals surface area contributed by atoms with Gasteiger partial charge in [-0.05, 0) is 24.1 Å². The second-order valence-electron chi connectivity index (χ2n) is 3.16. The number of nitrogens with zero attached hydrogens (tertiary/aromatic N) is 1. The van der Waals surface area contributed by atoms with Crippen molar-refractivity contribution < 1.29 is 13.2 Å². The number of alkyl halides is 3. The van der Waals surface area contributed by atoms with E-state index in [1.54, 1.807) is 13.0 Å². The predicted octanol–water partition coefficient (Wildman–Crippen LogP) is 2.34. The Kier molecular flexibility index (Phi) is 3.10. The van der Waals surface area contributed by atoms with Crippen LogP contribution >= 0.6 is 0 Å². The molecule has 0 aliphatic carbocycles. The van der Waals surface area contributed by atoms with Gasteiger partial charge < -0.3 is 5.73 Å². The van der Waals surface area contributed by atoms with Crippen molar-refractivity contribution in [2.75, 3.05) is 0 Å². The highest BCUT2D eigenvalue weighted by atomic mass is 19.4. The molecule has 0 spiro atoms. The lowest BCUT2D eigenvalue weighted by atomic mass is 10.0. The lowest BCUT2D eigenvalue weighted by Crippen LogP contribution is -2.21. The zero-order chi connectivity index (χ0) is 10.8. The van der Waals surface area contributed by atoms with E-state index in [0.29, 0.717) is 5.56 Å². The summed E-state index contributed by atoms with van der Waals surface area (Å²) < 4.78 is 36.1. The number of rotatable bonds is 2. The molecule has 2 N–H and O–H groups in total. The van der Waals surface area contributed by atoms with E-state index >= 15 is 0 Å². The summed E-state index contributed by atoms with van der Waals surface area (Å²) in [6.45, 7) is 1.72. The van der Waals surface area contributed by atoms with Gasteiger partial charge in [0.25, 0.3) is 0 Å². The molecule has 1 aromatic heterocycles. The van der Waals surface area contributed by atoms with Crippen molar-refractivity contribution in [1.82, 2.24) is 4.98 Å². The van der Waals surface area contributed by atoms with Gasteiger partial charge in [-0.25, -0.2) is 0 Å². The maximum absolute atomic E-state index is 12.0. The first kappa shape index (κ1) is 11.0. The highest BCUT2D eigenvalue weighted by Gasteiger charge is 2.31. The third-order valence-electron chi connectivity index (χ3n) is 1.93. The largest absolute Gasteiger partial charge is 0.390 e. The van der Waals surface area contributed by atoms with Crippen molar-refractivity contribution in [2.45, 2.75) is 25.6 Å². The Labute approximate surface area is 79.9 Å². The lowest BCUT2D eigenvalue weighted by Gasteiger charge is -2.15. The van der Waals surface area contributed by atoms with Gasteiger partial charge in [0.2, 0.25) is 0 Å². The fourth-order valence-electron chi connectivity index (χ4n) is 1.22. The maximum Gasteiger partial charge on any atom is 0.390 e. The Balaban J connectivity index is 2.80. The van der Waals surface area contributed by atoms with E-state index in [4.69, 9.17) is 5.73 Å². The van der Waals surface area contributed by atoms with Gasteiger partial charge in [0.05, 0.1) is 6.42 Å². The van der Waals surface area contributed by atoms with E-state index in [9.17, 15) is 13.2 Å². The highest BCUT2D eigenvalue weighted by molar-refractivity contribution is 5.24. The monoisotopic (exact) mass is 204 g/mol. The smallest absolute Gasteiger partial charge is 0.324 e. The minimum Gasteiger partial charge on any atom is -0.324 e. The van der Waals surface area contributed by atoms with E-state index in [0.717, 1.165) is 5.56 Å². The van der Waals surface area contributed by atoms with E-state index < -0.39 is 18.6 Å². The molecule has 0 aromatic carbocycles. The summed E-state index contributed by atoms with van der Waals surface area (Å²) in [7, 11) is 0. The van der Waals surface area contributed by atoms with Gasteiger partial charge in [-0.1, -0.05) is 0 Å². The van der Waals surface area contributed by atoms with Gasteiger partial charge in [0, 0.05) is 18.4 Å². The van der Waals surface area contributed by atoms with Gasteiger partial charge >= 0.3 is 6.18 Å². The molecule has 0 amide bonds. The van der Waals surface area contributed by atoms with Crippen LogP contribution in [0, 0.1) is 6.92 Å². The molecule has 0 bridgehead atoms. The van der Waals surface area contributed by atoms with Crippen LogP contribution in [0.5, 0.6) is 0 Å². The zero-order valence-corrected chi connectivity index (χ0v) is 7.67. The standard InChI is InChI=1S/C9H11F3N2/c1-6-2-3-14-5-7(6)8(13)4-9(10,11)12/h2-3,5,8H,4,13H2,1H3. The average molecular weight is 204 g/mol. The van der Waals surface area contributed by atoms with Gasteiger partial charge in [0.1, 0.15) is 0 Å². The fraction of sp³-hybridized carbons (Fsp3) is 0.444. The molecule has 1 aromatic rings. The Morgan fingerprint density at radius 3 is 2.64 bits per heavy atom. The molecular weight excluding hydrogens is 193 g/mol. The molecule has 1 rings (SSSR count). The molecule has 0 aliphatic rings. The fourth-order valence-corrected chi connectivity index (χ4v) is 1.22. The first-order valence-corrected chi connectivity index (χ1v) is 4.13. The molecular formula is C9H11F3N2.